The summed E-state index contributed by atoms with van der Waals surface area (Å²) in [5, 5.41) is 14.9. The van der Waals surface area contributed by atoms with Gasteiger partial charge in [0.15, 0.2) is 0 Å². The average molecular weight is 415 g/mol. The number of anilines is 1. The zero-order valence-corrected chi connectivity index (χ0v) is 17.4. The zero-order valence-electron chi connectivity index (χ0n) is 17.4. The highest BCUT2D eigenvalue weighted by atomic mass is 16.5. The van der Waals surface area contributed by atoms with Crippen molar-refractivity contribution in [2.75, 3.05) is 19.5 Å². The third-order valence-corrected chi connectivity index (χ3v) is 4.76. The molecule has 0 unspecified atom stereocenters. The van der Waals surface area contributed by atoms with Crippen molar-refractivity contribution in [3.05, 3.63) is 65.9 Å². The SMILES string of the molecule is CNC(=O)c1ccc(-c2cc(OC)c3ncnc(NCc4ccc(C)nn4)c3c2)nc1. The molecule has 0 bridgehead atoms. The molecule has 3 heterocycles. The maximum absolute atomic E-state index is 11.8. The maximum atomic E-state index is 11.8. The summed E-state index contributed by atoms with van der Waals surface area (Å²) in [5.41, 5.74) is 4.35. The Morgan fingerprint density at radius 3 is 2.61 bits per heavy atom. The molecule has 0 radical (unpaired) electrons. The third kappa shape index (κ3) is 4.25. The summed E-state index contributed by atoms with van der Waals surface area (Å²) < 4.78 is 5.57. The van der Waals surface area contributed by atoms with Crippen LogP contribution in [0.25, 0.3) is 22.2 Å². The van der Waals surface area contributed by atoms with Gasteiger partial charge in [-0.15, -0.1) is 0 Å². The lowest BCUT2D eigenvalue weighted by atomic mass is 10.1. The largest absolute Gasteiger partial charge is 0.494 e. The molecule has 1 amide bonds. The van der Waals surface area contributed by atoms with Crippen LogP contribution in [-0.2, 0) is 6.54 Å². The Kier molecular flexibility index (Phi) is 5.65. The molecule has 4 rings (SSSR count). The van der Waals surface area contributed by atoms with E-state index in [0.717, 1.165) is 22.3 Å². The lowest BCUT2D eigenvalue weighted by molar-refractivity contribution is 0.0962. The van der Waals surface area contributed by atoms with Gasteiger partial charge in [0.05, 0.1) is 36.3 Å². The van der Waals surface area contributed by atoms with E-state index in [1.807, 2.05) is 31.2 Å². The van der Waals surface area contributed by atoms with E-state index >= 15 is 0 Å². The van der Waals surface area contributed by atoms with Gasteiger partial charge in [0, 0.05) is 24.2 Å². The number of rotatable bonds is 6. The topological polar surface area (TPSA) is 115 Å². The first-order valence-corrected chi connectivity index (χ1v) is 9.63. The highest BCUT2D eigenvalue weighted by Crippen LogP contribution is 2.33. The predicted molar refractivity (Wildman–Crippen MR) is 117 cm³/mol. The number of hydrogen-bond acceptors (Lipinski definition) is 8. The molecular formula is C22H21N7O2. The standard InChI is InChI=1S/C22H21N7O2/c1-13-4-6-16(29-28-13)11-25-21-17-8-15(9-19(31-3)20(17)26-12-27-21)18-7-5-14(10-24-18)22(30)23-2/h4-10,12H,11H2,1-3H3,(H,23,30)(H,25,26,27). The van der Waals surface area contributed by atoms with Gasteiger partial charge in [-0.2, -0.15) is 10.2 Å². The molecule has 2 N–H and O–H groups in total. The number of nitrogens with zero attached hydrogens (tertiary/aromatic N) is 5. The summed E-state index contributed by atoms with van der Waals surface area (Å²) in [5.74, 6) is 1.06. The van der Waals surface area contributed by atoms with E-state index in [2.05, 4.69) is 35.8 Å². The Balaban J connectivity index is 1.71. The zero-order chi connectivity index (χ0) is 21.8. The van der Waals surface area contributed by atoms with E-state index in [1.165, 1.54) is 6.33 Å². The molecule has 0 spiro atoms. The molecule has 31 heavy (non-hydrogen) atoms. The van der Waals surface area contributed by atoms with Crippen molar-refractivity contribution in [1.29, 1.82) is 0 Å². The highest BCUT2D eigenvalue weighted by Gasteiger charge is 2.13. The fraction of sp³-hybridized carbons (Fsp3) is 0.182. The first kappa shape index (κ1) is 20.1. The summed E-state index contributed by atoms with van der Waals surface area (Å²) in [4.78, 5) is 25.0. The van der Waals surface area contributed by atoms with E-state index in [4.69, 9.17) is 4.74 Å². The summed E-state index contributed by atoms with van der Waals surface area (Å²) in [7, 11) is 3.18. The lowest BCUT2D eigenvalue weighted by Gasteiger charge is -2.12. The van der Waals surface area contributed by atoms with Crippen LogP contribution in [0.3, 0.4) is 0 Å². The second-order valence-electron chi connectivity index (χ2n) is 6.83. The number of fused-ring (bicyclic) bond motifs is 1. The van der Waals surface area contributed by atoms with Gasteiger partial charge in [0.1, 0.15) is 23.4 Å². The molecule has 0 saturated heterocycles. The Morgan fingerprint density at radius 1 is 1.06 bits per heavy atom. The van der Waals surface area contributed by atoms with Crippen LogP contribution in [0.15, 0.2) is 48.9 Å². The number of ether oxygens (including phenoxy) is 1. The van der Waals surface area contributed by atoms with Crippen LogP contribution in [0.5, 0.6) is 5.75 Å². The molecule has 4 aromatic rings. The Hall–Kier alpha value is -4.14. The predicted octanol–water partition coefficient (Wildman–Crippen LogP) is 2.77. The minimum atomic E-state index is -0.186. The Bertz CT molecular complexity index is 1230. The van der Waals surface area contributed by atoms with Crippen LogP contribution in [0.1, 0.15) is 21.7 Å². The van der Waals surface area contributed by atoms with Crippen molar-refractivity contribution in [2.24, 2.45) is 0 Å². The first-order valence-electron chi connectivity index (χ1n) is 9.63. The summed E-state index contributed by atoms with van der Waals surface area (Å²) in [6.45, 7) is 2.36. The number of aromatic nitrogens is 5. The fourth-order valence-corrected chi connectivity index (χ4v) is 3.12. The van der Waals surface area contributed by atoms with Crippen LogP contribution < -0.4 is 15.4 Å². The molecule has 0 aliphatic rings. The first-order chi connectivity index (χ1) is 15.1. The number of methoxy groups -OCH3 is 1. The van der Waals surface area contributed by atoms with Crippen molar-refractivity contribution in [2.45, 2.75) is 13.5 Å². The lowest BCUT2D eigenvalue weighted by Crippen LogP contribution is -2.17. The van der Waals surface area contributed by atoms with Gasteiger partial charge in [-0.1, -0.05) is 0 Å². The number of carbonyl (C=O) groups is 1. The molecular weight excluding hydrogens is 394 g/mol. The molecule has 0 saturated carbocycles. The van der Waals surface area contributed by atoms with E-state index in [0.29, 0.717) is 34.9 Å². The summed E-state index contributed by atoms with van der Waals surface area (Å²) in [6, 6.07) is 11.2. The van der Waals surface area contributed by atoms with Gasteiger partial charge in [-0.3, -0.25) is 9.78 Å². The number of carbonyl (C=O) groups excluding carboxylic acids is 1. The Labute approximate surface area is 178 Å². The van der Waals surface area contributed by atoms with Crippen LogP contribution in [0.2, 0.25) is 0 Å². The van der Waals surface area contributed by atoms with Gasteiger partial charge in [0.25, 0.3) is 5.91 Å². The van der Waals surface area contributed by atoms with Gasteiger partial charge in [-0.05, 0) is 43.3 Å². The molecule has 3 aromatic heterocycles. The van der Waals surface area contributed by atoms with Crippen molar-refractivity contribution in [1.82, 2.24) is 30.5 Å². The number of pyridine rings is 1. The molecule has 0 fully saturated rings. The molecule has 156 valence electrons. The molecule has 0 aliphatic carbocycles. The molecule has 0 atom stereocenters. The molecule has 9 nitrogen and oxygen atoms in total. The normalized spacial score (nSPS) is 10.7. The number of hydrogen-bond donors (Lipinski definition) is 2. The average Bonchev–Trinajstić information content (AvgIpc) is 2.82. The van der Waals surface area contributed by atoms with Crippen LogP contribution >= 0.6 is 0 Å². The van der Waals surface area contributed by atoms with Crippen molar-refractivity contribution < 1.29 is 9.53 Å². The minimum Gasteiger partial charge on any atom is -0.494 e. The molecule has 9 heteroatoms. The molecule has 1 aromatic carbocycles. The van der Waals surface area contributed by atoms with E-state index in [1.54, 1.807) is 32.5 Å². The van der Waals surface area contributed by atoms with Crippen molar-refractivity contribution in [3.8, 4) is 17.0 Å². The van der Waals surface area contributed by atoms with Crippen molar-refractivity contribution in [3.63, 3.8) is 0 Å². The van der Waals surface area contributed by atoms with E-state index < -0.39 is 0 Å². The van der Waals surface area contributed by atoms with Gasteiger partial charge >= 0.3 is 0 Å². The number of amides is 1. The van der Waals surface area contributed by atoms with Gasteiger partial charge in [0.2, 0.25) is 0 Å². The van der Waals surface area contributed by atoms with Crippen LogP contribution in [0, 0.1) is 6.92 Å². The van der Waals surface area contributed by atoms with Crippen LogP contribution in [0.4, 0.5) is 5.82 Å². The monoisotopic (exact) mass is 415 g/mol. The van der Waals surface area contributed by atoms with E-state index in [-0.39, 0.29) is 5.91 Å². The van der Waals surface area contributed by atoms with Gasteiger partial charge < -0.3 is 15.4 Å². The fourth-order valence-electron chi connectivity index (χ4n) is 3.12. The second-order valence-corrected chi connectivity index (χ2v) is 6.83. The minimum absolute atomic E-state index is 0.186. The quantitative estimate of drug-likeness (QED) is 0.494. The summed E-state index contributed by atoms with van der Waals surface area (Å²) in [6.07, 6.45) is 3.03. The maximum Gasteiger partial charge on any atom is 0.252 e. The van der Waals surface area contributed by atoms with Gasteiger partial charge in [-0.25, -0.2) is 9.97 Å². The highest BCUT2D eigenvalue weighted by molar-refractivity contribution is 5.97. The van der Waals surface area contributed by atoms with E-state index in [9.17, 15) is 4.79 Å². The smallest absolute Gasteiger partial charge is 0.252 e. The number of benzene rings is 1. The number of aryl methyl sites for hydroxylation is 1. The third-order valence-electron chi connectivity index (χ3n) is 4.76. The second kappa shape index (κ2) is 8.70. The summed E-state index contributed by atoms with van der Waals surface area (Å²) >= 11 is 0. The van der Waals surface area contributed by atoms with Crippen molar-refractivity contribution >= 4 is 22.6 Å². The Morgan fingerprint density at radius 2 is 1.94 bits per heavy atom. The number of nitrogens with one attached hydrogen (secondary N) is 2. The van der Waals surface area contributed by atoms with Crippen LogP contribution in [-0.4, -0.2) is 45.2 Å². The molecule has 0 aliphatic heterocycles.